The summed E-state index contributed by atoms with van der Waals surface area (Å²) in [5.74, 6) is -0.874. The molecule has 1 N–H and O–H groups in total. The minimum absolute atomic E-state index is 0.148. The number of rotatable bonds is 8. The fourth-order valence-electron chi connectivity index (χ4n) is 4.43. The first-order chi connectivity index (χ1) is 16.8. The molecule has 2 aromatic carbocycles. The van der Waals surface area contributed by atoms with Gasteiger partial charge in [0.25, 0.3) is 11.8 Å². The van der Waals surface area contributed by atoms with Gasteiger partial charge in [-0.2, -0.15) is 0 Å². The molecule has 0 radical (unpaired) electrons. The van der Waals surface area contributed by atoms with Crippen LogP contribution >= 0.6 is 24.0 Å². The molecule has 0 bridgehead atoms. The molecule has 2 aliphatic heterocycles. The third-order valence-electron chi connectivity index (χ3n) is 6.28. The summed E-state index contributed by atoms with van der Waals surface area (Å²) in [5, 5.41) is 2.95. The monoisotopic (exact) mass is 507 g/mol. The van der Waals surface area contributed by atoms with Gasteiger partial charge in [0, 0.05) is 17.8 Å². The number of amides is 3. The SMILES string of the molecule is CCCCCCN1C(=O)/C(=C2/C(=O)N(CC(=O)Nc3c(C)cccc3C)c3ccccc32)SC1=S. The second-order valence-corrected chi connectivity index (χ2v) is 10.5. The van der Waals surface area contributed by atoms with E-state index in [-0.39, 0.29) is 24.3 Å². The van der Waals surface area contributed by atoms with Crippen LogP contribution < -0.4 is 10.2 Å². The lowest BCUT2D eigenvalue weighted by Crippen LogP contribution is -2.36. The van der Waals surface area contributed by atoms with Crippen LogP contribution in [0.15, 0.2) is 47.4 Å². The summed E-state index contributed by atoms with van der Waals surface area (Å²) in [4.78, 5) is 43.2. The second-order valence-electron chi connectivity index (χ2n) is 8.81. The Balaban J connectivity index is 1.59. The van der Waals surface area contributed by atoms with Crippen LogP contribution in [0.2, 0.25) is 0 Å². The van der Waals surface area contributed by atoms with Crippen LogP contribution in [0.25, 0.3) is 5.57 Å². The summed E-state index contributed by atoms with van der Waals surface area (Å²) in [6, 6.07) is 13.1. The van der Waals surface area contributed by atoms with Gasteiger partial charge in [-0.05, 0) is 37.5 Å². The molecule has 1 saturated heterocycles. The highest BCUT2D eigenvalue weighted by molar-refractivity contribution is 8.26. The third kappa shape index (κ3) is 5.04. The zero-order valence-corrected chi connectivity index (χ0v) is 21.9. The lowest BCUT2D eigenvalue weighted by molar-refractivity contribution is -0.122. The van der Waals surface area contributed by atoms with E-state index in [0.717, 1.165) is 42.5 Å². The molecule has 1 fully saturated rings. The average molecular weight is 508 g/mol. The maximum absolute atomic E-state index is 13.6. The van der Waals surface area contributed by atoms with Crippen molar-refractivity contribution < 1.29 is 14.4 Å². The zero-order chi connectivity index (χ0) is 25.1. The average Bonchev–Trinajstić information content (AvgIpc) is 3.26. The molecule has 4 rings (SSSR count). The Labute approximate surface area is 215 Å². The van der Waals surface area contributed by atoms with E-state index in [0.29, 0.717) is 32.6 Å². The van der Waals surface area contributed by atoms with Gasteiger partial charge < -0.3 is 5.32 Å². The number of carbonyl (C=O) groups is 3. The molecule has 182 valence electrons. The first-order valence-corrected chi connectivity index (χ1v) is 13.1. The largest absolute Gasteiger partial charge is 0.324 e. The summed E-state index contributed by atoms with van der Waals surface area (Å²) < 4.78 is 0.477. The highest BCUT2D eigenvalue weighted by Crippen LogP contribution is 2.44. The van der Waals surface area contributed by atoms with Crippen LogP contribution in [0, 0.1) is 13.8 Å². The predicted molar refractivity (Wildman–Crippen MR) is 146 cm³/mol. The molecule has 3 amide bonds. The molecule has 0 aliphatic carbocycles. The van der Waals surface area contributed by atoms with Gasteiger partial charge in [-0.15, -0.1) is 0 Å². The van der Waals surface area contributed by atoms with Crippen LogP contribution in [-0.2, 0) is 14.4 Å². The molecule has 35 heavy (non-hydrogen) atoms. The van der Waals surface area contributed by atoms with E-state index in [1.165, 1.54) is 16.7 Å². The summed E-state index contributed by atoms with van der Waals surface area (Å²) in [6.45, 7) is 6.41. The maximum Gasteiger partial charge on any atom is 0.267 e. The Bertz CT molecular complexity index is 1220. The first kappa shape index (κ1) is 25.1. The van der Waals surface area contributed by atoms with Gasteiger partial charge in [-0.1, -0.05) is 86.6 Å². The minimum Gasteiger partial charge on any atom is -0.324 e. The summed E-state index contributed by atoms with van der Waals surface area (Å²) >= 11 is 6.66. The summed E-state index contributed by atoms with van der Waals surface area (Å²) in [6.07, 6.45) is 4.13. The van der Waals surface area contributed by atoms with E-state index < -0.39 is 0 Å². The van der Waals surface area contributed by atoms with E-state index in [2.05, 4.69) is 12.2 Å². The Hall–Kier alpha value is -2.97. The topological polar surface area (TPSA) is 69.7 Å². The number of thiocarbonyl (C=S) groups is 1. The molecular weight excluding hydrogens is 478 g/mol. The van der Waals surface area contributed by atoms with Gasteiger partial charge in [0.1, 0.15) is 10.9 Å². The van der Waals surface area contributed by atoms with Gasteiger partial charge in [0.05, 0.1) is 16.2 Å². The number of benzene rings is 2. The number of hydrogen-bond donors (Lipinski definition) is 1. The first-order valence-electron chi connectivity index (χ1n) is 11.9. The van der Waals surface area contributed by atoms with Crippen molar-refractivity contribution in [3.05, 3.63) is 64.1 Å². The molecule has 6 nitrogen and oxygen atoms in total. The van der Waals surface area contributed by atoms with Gasteiger partial charge in [0.2, 0.25) is 5.91 Å². The molecular formula is C27H29N3O3S2. The number of nitrogens with zero attached hydrogens (tertiary/aromatic N) is 2. The van der Waals surface area contributed by atoms with E-state index in [4.69, 9.17) is 12.2 Å². The number of anilines is 2. The molecule has 0 spiro atoms. The molecule has 2 heterocycles. The number of unbranched alkanes of at least 4 members (excludes halogenated alkanes) is 3. The lowest BCUT2D eigenvalue weighted by Gasteiger charge is -2.18. The van der Waals surface area contributed by atoms with Crippen LogP contribution in [0.4, 0.5) is 11.4 Å². The highest BCUT2D eigenvalue weighted by atomic mass is 32.2. The molecule has 2 aromatic rings. The summed E-state index contributed by atoms with van der Waals surface area (Å²) in [5.41, 5.74) is 4.27. The second kappa shape index (κ2) is 10.7. The van der Waals surface area contributed by atoms with Gasteiger partial charge in [-0.3, -0.25) is 24.2 Å². The molecule has 0 atom stereocenters. The number of thioether (sulfide) groups is 1. The number of para-hydroxylation sites is 2. The Morgan fingerprint density at radius 3 is 2.37 bits per heavy atom. The van der Waals surface area contributed by atoms with Crippen molar-refractivity contribution in [2.75, 3.05) is 23.3 Å². The molecule has 0 saturated carbocycles. The van der Waals surface area contributed by atoms with E-state index >= 15 is 0 Å². The third-order valence-corrected chi connectivity index (χ3v) is 7.73. The minimum atomic E-state index is -0.352. The van der Waals surface area contributed by atoms with Crippen molar-refractivity contribution in [1.29, 1.82) is 0 Å². The Morgan fingerprint density at radius 2 is 1.66 bits per heavy atom. The van der Waals surface area contributed by atoms with Crippen molar-refractivity contribution in [3.8, 4) is 0 Å². The van der Waals surface area contributed by atoms with E-state index in [9.17, 15) is 14.4 Å². The number of nitrogens with one attached hydrogen (secondary N) is 1. The van der Waals surface area contributed by atoms with Crippen LogP contribution in [0.3, 0.4) is 0 Å². The predicted octanol–water partition coefficient (Wildman–Crippen LogP) is 5.44. The van der Waals surface area contributed by atoms with E-state index in [1.54, 1.807) is 11.0 Å². The maximum atomic E-state index is 13.6. The van der Waals surface area contributed by atoms with Crippen molar-refractivity contribution in [3.63, 3.8) is 0 Å². The number of carbonyl (C=O) groups excluding carboxylic acids is 3. The zero-order valence-electron chi connectivity index (χ0n) is 20.2. The number of aryl methyl sites for hydroxylation is 2. The van der Waals surface area contributed by atoms with Gasteiger partial charge in [-0.25, -0.2) is 0 Å². The smallest absolute Gasteiger partial charge is 0.267 e. The van der Waals surface area contributed by atoms with Crippen molar-refractivity contribution >= 4 is 63.0 Å². The molecule has 8 heteroatoms. The molecule has 2 aliphatic rings. The Kier molecular flexibility index (Phi) is 7.72. The normalized spacial score (nSPS) is 17.4. The van der Waals surface area contributed by atoms with Gasteiger partial charge >= 0.3 is 0 Å². The Morgan fingerprint density at radius 1 is 0.943 bits per heavy atom. The van der Waals surface area contributed by atoms with Gasteiger partial charge in [0.15, 0.2) is 0 Å². The van der Waals surface area contributed by atoms with Crippen LogP contribution in [-0.4, -0.2) is 40.0 Å². The van der Waals surface area contributed by atoms with Crippen molar-refractivity contribution in [2.24, 2.45) is 0 Å². The fraction of sp³-hybridized carbons (Fsp3) is 0.333. The quantitative estimate of drug-likeness (QED) is 0.293. The molecule has 0 unspecified atom stereocenters. The van der Waals surface area contributed by atoms with Crippen molar-refractivity contribution in [1.82, 2.24) is 4.90 Å². The standard InChI is InChI=1S/C27H29N3O3S2/c1-4-5-6-9-15-29-26(33)24(35-27(29)34)22-19-13-7-8-14-20(19)30(25(22)32)16-21(31)28-23-17(2)11-10-12-18(23)3/h7-8,10-14H,4-6,9,15-16H2,1-3H3,(H,28,31)/b24-22-. The number of fused-ring (bicyclic) bond motifs is 1. The van der Waals surface area contributed by atoms with E-state index in [1.807, 2.05) is 50.2 Å². The van der Waals surface area contributed by atoms with Crippen molar-refractivity contribution in [2.45, 2.75) is 46.5 Å². The summed E-state index contributed by atoms with van der Waals surface area (Å²) in [7, 11) is 0. The fourth-order valence-corrected chi connectivity index (χ4v) is 5.81. The number of hydrogen-bond acceptors (Lipinski definition) is 5. The van der Waals surface area contributed by atoms with Crippen LogP contribution in [0.5, 0.6) is 0 Å². The highest BCUT2D eigenvalue weighted by Gasteiger charge is 2.42. The molecule has 0 aromatic heterocycles. The van der Waals surface area contributed by atoms with Crippen LogP contribution in [0.1, 0.15) is 49.3 Å². The lowest BCUT2D eigenvalue weighted by atomic mass is 10.1.